The van der Waals surface area contributed by atoms with Gasteiger partial charge in [0.15, 0.2) is 23.5 Å². The smallest absolute Gasteiger partial charge is 0.201 e. The number of rotatable bonds is 4. The molecule has 3 aliphatic rings. The van der Waals surface area contributed by atoms with Gasteiger partial charge in [0.05, 0.1) is 17.2 Å². The van der Waals surface area contributed by atoms with Gasteiger partial charge in [-0.3, -0.25) is 14.4 Å². The summed E-state index contributed by atoms with van der Waals surface area (Å²) < 4.78 is 22.6. The van der Waals surface area contributed by atoms with Crippen LogP contribution in [0.1, 0.15) is 67.7 Å². The molecule has 5 N–H and O–H groups in total. The second kappa shape index (κ2) is 9.45. The fourth-order valence-electron chi connectivity index (χ4n) is 5.65. The number of hydrogen-bond acceptors (Lipinski definition) is 12. The number of aliphatic hydroxyl groups excluding tert-OH is 2. The minimum Gasteiger partial charge on any atom is -0.507 e. The Morgan fingerprint density at radius 2 is 1.62 bits per heavy atom. The number of methoxy groups -OCH3 is 2. The number of ether oxygens (including phenoxy) is 4. The topological polar surface area (TPSA) is 189 Å². The van der Waals surface area contributed by atoms with Gasteiger partial charge in [-0.2, -0.15) is 0 Å². The van der Waals surface area contributed by atoms with Gasteiger partial charge in [0.1, 0.15) is 42.0 Å². The van der Waals surface area contributed by atoms with Crippen molar-refractivity contribution in [2.24, 2.45) is 0 Å². The molecule has 39 heavy (non-hydrogen) atoms. The number of aromatic hydroxyl groups is 2. The highest BCUT2D eigenvalue weighted by molar-refractivity contribution is 6.31. The van der Waals surface area contributed by atoms with Gasteiger partial charge in [-0.25, -0.2) is 0 Å². The fourth-order valence-corrected chi connectivity index (χ4v) is 5.65. The minimum absolute atomic E-state index is 0.107. The van der Waals surface area contributed by atoms with Gasteiger partial charge in [0.25, 0.3) is 0 Å². The summed E-state index contributed by atoms with van der Waals surface area (Å²) in [4.78, 5) is 40.3. The second-order valence-electron chi connectivity index (χ2n) is 10.0. The van der Waals surface area contributed by atoms with Crippen LogP contribution >= 0.6 is 0 Å². The molecule has 0 radical (unpaired) electrons. The molecule has 208 valence electrons. The van der Waals surface area contributed by atoms with Crippen molar-refractivity contribution in [2.75, 3.05) is 14.2 Å². The fraction of sp³-hybridized carbons (Fsp3) is 0.444. The lowest BCUT2D eigenvalue weighted by Gasteiger charge is -2.46. The van der Waals surface area contributed by atoms with E-state index in [1.54, 1.807) is 0 Å². The average Bonchev–Trinajstić information content (AvgIpc) is 2.88. The van der Waals surface area contributed by atoms with Crippen molar-refractivity contribution in [3.63, 3.8) is 0 Å². The van der Waals surface area contributed by atoms with Crippen LogP contribution in [0.15, 0.2) is 24.3 Å². The molecule has 1 saturated heterocycles. The van der Waals surface area contributed by atoms with Crippen LogP contribution in [0.25, 0.3) is 0 Å². The van der Waals surface area contributed by atoms with E-state index < -0.39 is 82.9 Å². The summed E-state index contributed by atoms with van der Waals surface area (Å²) in [5.74, 6) is -3.71. The summed E-state index contributed by atoms with van der Waals surface area (Å²) in [6, 6.07) is 5.05. The molecule has 8 atom stereocenters. The Morgan fingerprint density at radius 1 is 0.923 bits per heavy atom. The van der Waals surface area contributed by atoms with Crippen LogP contribution < -0.4 is 0 Å². The molecule has 0 bridgehead atoms. The highest BCUT2D eigenvalue weighted by Crippen LogP contribution is 2.49. The molecule has 0 spiro atoms. The van der Waals surface area contributed by atoms with Crippen LogP contribution in [0.4, 0.5) is 0 Å². The van der Waals surface area contributed by atoms with Crippen LogP contribution in [-0.2, 0) is 18.9 Å². The standard InChI is InChI=1S/C27H28O12/c1-9-17(29)21(33)23(36-3)26(38-9)39-22-16-12(24(34)27(2,35)25(22)37-4)8-11-15(20(16)32)19(31)14-10(18(11)30)6-5-7-13(14)28/h5-9,17,21-23,25-26,28-29,32-33,35H,1-4H3/t9?,17?,21?,22-,23?,25+,26?,27-/m1/s1. The first-order chi connectivity index (χ1) is 18.4. The zero-order chi connectivity index (χ0) is 28.5. The lowest BCUT2D eigenvalue weighted by atomic mass is 9.72. The van der Waals surface area contributed by atoms with Crippen molar-refractivity contribution < 1.29 is 58.9 Å². The molecule has 5 unspecified atom stereocenters. The van der Waals surface area contributed by atoms with E-state index in [0.717, 1.165) is 6.07 Å². The van der Waals surface area contributed by atoms with Gasteiger partial charge in [0, 0.05) is 36.5 Å². The van der Waals surface area contributed by atoms with Gasteiger partial charge in [-0.1, -0.05) is 12.1 Å². The molecular weight excluding hydrogens is 516 g/mol. The van der Waals surface area contributed by atoms with Gasteiger partial charge in [0.2, 0.25) is 5.78 Å². The quantitative estimate of drug-likeness (QED) is 0.304. The van der Waals surface area contributed by atoms with E-state index in [4.69, 9.17) is 18.9 Å². The molecule has 0 amide bonds. The largest absolute Gasteiger partial charge is 0.507 e. The molecule has 2 aromatic carbocycles. The van der Waals surface area contributed by atoms with Gasteiger partial charge in [-0.05, 0) is 26.0 Å². The van der Waals surface area contributed by atoms with Crippen LogP contribution in [0.3, 0.4) is 0 Å². The van der Waals surface area contributed by atoms with E-state index in [1.807, 2.05) is 0 Å². The summed E-state index contributed by atoms with van der Waals surface area (Å²) in [5.41, 5.74) is -3.94. The molecule has 0 saturated carbocycles. The number of Topliss-reactive ketones (excluding diaryl/α,β-unsaturated/α-hetero) is 1. The van der Waals surface area contributed by atoms with Crippen molar-refractivity contribution in [3.05, 3.63) is 57.6 Å². The molecule has 2 aliphatic carbocycles. The Kier molecular flexibility index (Phi) is 6.63. The van der Waals surface area contributed by atoms with Gasteiger partial charge < -0.3 is 44.5 Å². The molecule has 1 fully saturated rings. The van der Waals surface area contributed by atoms with E-state index in [1.165, 1.54) is 46.3 Å². The lowest BCUT2D eigenvalue weighted by molar-refractivity contribution is -0.321. The van der Waals surface area contributed by atoms with Crippen LogP contribution in [-0.4, -0.2) is 99.5 Å². The first-order valence-electron chi connectivity index (χ1n) is 12.2. The van der Waals surface area contributed by atoms with E-state index in [-0.39, 0.29) is 27.8 Å². The zero-order valence-corrected chi connectivity index (χ0v) is 21.4. The summed E-state index contributed by atoms with van der Waals surface area (Å²) in [5, 5.41) is 53.8. The number of phenols is 2. The number of phenolic OH excluding ortho intramolecular Hbond substituents is 2. The summed E-state index contributed by atoms with van der Waals surface area (Å²) in [7, 11) is 2.45. The normalized spacial score (nSPS) is 33.9. The number of benzene rings is 2. The molecule has 5 rings (SSSR count). The third-order valence-corrected chi connectivity index (χ3v) is 7.74. The molecule has 12 heteroatoms. The Labute approximate surface area is 222 Å². The number of hydrogen-bond donors (Lipinski definition) is 5. The molecule has 12 nitrogen and oxygen atoms in total. The number of carbonyl (C=O) groups is 3. The van der Waals surface area contributed by atoms with Crippen molar-refractivity contribution in [1.29, 1.82) is 0 Å². The summed E-state index contributed by atoms with van der Waals surface area (Å²) in [6.07, 6.45) is -9.24. The lowest BCUT2D eigenvalue weighted by Crippen LogP contribution is -2.60. The van der Waals surface area contributed by atoms with E-state index in [0.29, 0.717) is 0 Å². The highest BCUT2D eigenvalue weighted by Gasteiger charge is 2.56. The Bertz CT molecular complexity index is 1380. The van der Waals surface area contributed by atoms with Gasteiger partial charge in [-0.15, -0.1) is 0 Å². The maximum Gasteiger partial charge on any atom is 0.201 e. The molecule has 0 aromatic heterocycles. The van der Waals surface area contributed by atoms with Crippen molar-refractivity contribution in [2.45, 2.75) is 62.4 Å². The van der Waals surface area contributed by atoms with Crippen LogP contribution in [0.2, 0.25) is 0 Å². The zero-order valence-electron chi connectivity index (χ0n) is 21.4. The van der Waals surface area contributed by atoms with Crippen LogP contribution in [0.5, 0.6) is 11.5 Å². The Balaban J connectivity index is 1.71. The second-order valence-corrected chi connectivity index (χ2v) is 10.0. The monoisotopic (exact) mass is 544 g/mol. The number of fused-ring (bicyclic) bond motifs is 3. The number of carbonyl (C=O) groups excluding carboxylic acids is 3. The number of aliphatic hydroxyl groups is 3. The van der Waals surface area contributed by atoms with Crippen molar-refractivity contribution in [1.82, 2.24) is 0 Å². The van der Waals surface area contributed by atoms with Crippen molar-refractivity contribution in [3.8, 4) is 11.5 Å². The predicted octanol–water partition coefficient (Wildman–Crippen LogP) is 0.375. The molecule has 1 aliphatic heterocycles. The first-order valence-corrected chi connectivity index (χ1v) is 12.2. The summed E-state index contributed by atoms with van der Waals surface area (Å²) >= 11 is 0. The first kappa shape index (κ1) is 27.3. The van der Waals surface area contributed by atoms with Crippen molar-refractivity contribution >= 4 is 17.3 Å². The van der Waals surface area contributed by atoms with E-state index in [2.05, 4.69) is 0 Å². The maximum atomic E-state index is 13.5. The third kappa shape index (κ3) is 3.83. The molecule has 2 aromatic rings. The van der Waals surface area contributed by atoms with E-state index in [9.17, 15) is 39.9 Å². The van der Waals surface area contributed by atoms with Crippen LogP contribution in [0, 0.1) is 0 Å². The Morgan fingerprint density at radius 3 is 2.26 bits per heavy atom. The number of ketones is 3. The predicted molar refractivity (Wildman–Crippen MR) is 130 cm³/mol. The minimum atomic E-state index is -2.23. The highest BCUT2D eigenvalue weighted by atomic mass is 16.7. The van der Waals surface area contributed by atoms with Gasteiger partial charge >= 0.3 is 0 Å². The Hall–Kier alpha value is -3.23. The average molecular weight is 545 g/mol. The molecule has 1 heterocycles. The third-order valence-electron chi connectivity index (χ3n) is 7.74. The molecular formula is C27H28O12. The summed E-state index contributed by atoms with van der Waals surface area (Å²) in [6.45, 7) is 2.66. The maximum absolute atomic E-state index is 13.5. The van der Waals surface area contributed by atoms with E-state index >= 15 is 0 Å². The SMILES string of the molecule is COC1C(O[C@@H]2c3c(cc4c(c3O)C(=O)c3c(O)cccc3C4=O)C(=O)[C@@](C)(O)[C@H]2OC)OC(C)C(O)C1O.